The number of hydrogen-bond donors (Lipinski definition) is 2. The number of carboxylic acids is 1. The molecule has 0 saturated carbocycles. The minimum atomic E-state index is -1.12. The molecule has 0 spiro atoms. The van der Waals surface area contributed by atoms with Crippen LogP contribution in [0.4, 0.5) is 0 Å². The van der Waals surface area contributed by atoms with E-state index >= 15 is 0 Å². The SMILES string of the molecule is CC(C(=O)NC1(C(=O)O)CCSC1)n1cccn1. The largest absolute Gasteiger partial charge is 0.479 e. The zero-order valence-corrected chi connectivity index (χ0v) is 10.8. The van der Waals surface area contributed by atoms with Crippen molar-refractivity contribution in [1.29, 1.82) is 0 Å². The van der Waals surface area contributed by atoms with Crippen LogP contribution in [-0.4, -0.2) is 43.8 Å². The summed E-state index contributed by atoms with van der Waals surface area (Å²) in [6.07, 6.45) is 3.73. The van der Waals surface area contributed by atoms with Gasteiger partial charge in [0.25, 0.3) is 0 Å². The molecule has 2 rings (SSSR count). The molecule has 98 valence electrons. The monoisotopic (exact) mass is 269 g/mol. The van der Waals surface area contributed by atoms with Gasteiger partial charge in [-0.15, -0.1) is 0 Å². The molecule has 0 aliphatic carbocycles. The van der Waals surface area contributed by atoms with Gasteiger partial charge < -0.3 is 10.4 Å². The number of aliphatic carboxylic acids is 1. The van der Waals surface area contributed by atoms with Crippen LogP contribution in [0.15, 0.2) is 18.5 Å². The predicted molar refractivity (Wildman–Crippen MR) is 67.4 cm³/mol. The molecule has 1 saturated heterocycles. The number of carbonyl (C=O) groups excluding carboxylic acids is 1. The van der Waals surface area contributed by atoms with Crippen LogP contribution < -0.4 is 5.32 Å². The fourth-order valence-electron chi connectivity index (χ4n) is 1.86. The van der Waals surface area contributed by atoms with Crippen LogP contribution in [0, 0.1) is 0 Å². The van der Waals surface area contributed by atoms with Crippen LogP contribution in [0.25, 0.3) is 0 Å². The Morgan fingerprint density at radius 3 is 2.89 bits per heavy atom. The average Bonchev–Trinajstić information content (AvgIpc) is 2.99. The normalized spacial score (nSPS) is 24.7. The summed E-state index contributed by atoms with van der Waals surface area (Å²) in [6, 6.07) is 1.21. The molecule has 1 amide bonds. The lowest BCUT2D eigenvalue weighted by atomic mass is 9.99. The molecule has 1 fully saturated rings. The van der Waals surface area contributed by atoms with Crippen LogP contribution in [-0.2, 0) is 9.59 Å². The van der Waals surface area contributed by atoms with E-state index in [1.807, 2.05) is 0 Å². The Labute approximate surface area is 109 Å². The van der Waals surface area contributed by atoms with Gasteiger partial charge in [-0.1, -0.05) is 0 Å². The maximum absolute atomic E-state index is 12.1. The van der Waals surface area contributed by atoms with Crippen molar-refractivity contribution < 1.29 is 14.7 Å². The van der Waals surface area contributed by atoms with Crippen molar-refractivity contribution in [2.75, 3.05) is 11.5 Å². The number of amides is 1. The Balaban J connectivity index is 2.08. The first-order chi connectivity index (χ1) is 8.55. The minimum absolute atomic E-state index is 0.316. The summed E-state index contributed by atoms with van der Waals surface area (Å²) < 4.78 is 1.51. The third kappa shape index (κ3) is 2.35. The first-order valence-electron chi connectivity index (χ1n) is 5.67. The lowest BCUT2D eigenvalue weighted by Crippen LogP contribution is -2.56. The Kier molecular flexibility index (Phi) is 3.60. The van der Waals surface area contributed by atoms with Crippen LogP contribution in [0.5, 0.6) is 0 Å². The smallest absolute Gasteiger partial charge is 0.330 e. The molecule has 1 aromatic heterocycles. The van der Waals surface area contributed by atoms with Crippen molar-refractivity contribution in [2.45, 2.75) is 24.9 Å². The second-order valence-corrected chi connectivity index (χ2v) is 5.45. The van der Waals surface area contributed by atoms with E-state index in [4.69, 9.17) is 0 Å². The maximum atomic E-state index is 12.1. The first-order valence-corrected chi connectivity index (χ1v) is 6.83. The van der Waals surface area contributed by atoms with Crippen LogP contribution in [0.3, 0.4) is 0 Å². The highest BCUT2D eigenvalue weighted by Gasteiger charge is 2.44. The highest BCUT2D eigenvalue weighted by molar-refractivity contribution is 7.99. The molecule has 2 atom stereocenters. The summed E-state index contributed by atoms with van der Waals surface area (Å²) in [7, 11) is 0. The molecule has 2 N–H and O–H groups in total. The topological polar surface area (TPSA) is 84.2 Å². The van der Waals surface area contributed by atoms with Crippen molar-refractivity contribution in [3.05, 3.63) is 18.5 Å². The van der Waals surface area contributed by atoms with Crippen molar-refractivity contribution in [1.82, 2.24) is 15.1 Å². The van der Waals surface area contributed by atoms with Crippen LogP contribution in [0.2, 0.25) is 0 Å². The number of rotatable bonds is 4. The third-order valence-electron chi connectivity index (χ3n) is 3.09. The highest BCUT2D eigenvalue weighted by atomic mass is 32.2. The fourth-order valence-corrected chi connectivity index (χ4v) is 3.18. The third-order valence-corrected chi connectivity index (χ3v) is 4.28. The molecule has 6 nitrogen and oxygen atoms in total. The van der Waals surface area contributed by atoms with E-state index in [1.165, 1.54) is 4.68 Å². The molecule has 1 aliphatic heterocycles. The Hall–Kier alpha value is -1.50. The maximum Gasteiger partial charge on any atom is 0.330 e. The summed E-state index contributed by atoms with van der Waals surface area (Å²) >= 11 is 1.54. The minimum Gasteiger partial charge on any atom is -0.479 e. The summed E-state index contributed by atoms with van der Waals surface area (Å²) in [5, 5.41) is 15.9. The number of nitrogens with one attached hydrogen (secondary N) is 1. The quantitative estimate of drug-likeness (QED) is 0.832. The van der Waals surface area contributed by atoms with Gasteiger partial charge in [-0.05, 0) is 25.2 Å². The number of carbonyl (C=O) groups is 2. The molecule has 0 aromatic carbocycles. The van der Waals surface area contributed by atoms with Gasteiger partial charge in [-0.2, -0.15) is 16.9 Å². The molecule has 1 aromatic rings. The number of carboxylic acid groups (broad SMARTS) is 1. The molecule has 2 heterocycles. The molecule has 1 aliphatic rings. The molecular formula is C11H15N3O3S. The van der Waals surface area contributed by atoms with Gasteiger partial charge >= 0.3 is 5.97 Å². The van der Waals surface area contributed by atoms with Crippen molar-refractivity contribution in [2.24, 2.45) is 0 Å². The zero-order chi connectivity index (χ0) is 13.2. The van der Waals surface area contributed by atoms with E-state index in [0.717, 1.165) is 5.75 Å². The number of thioether (sulfide) groups is 1. The molecule has 2 unspecified atom stereocenters. The van der Waals surface area contributed by atoms with E-state index in [2.05, 4.69) is 10.4 Å². The Bertz CT molecular complexity index is 440. The lowest BCUT2D eigenvalue weighted by molar-refractivity contribution is -0.147. The molecule has 7 heteroatoms. The van der Waals surface area contributed by atoms with Crippen LogP contribution in [0.1, 0.15) is 19.4 Å². The van der Waals surface area contributed by atoms with Crippen molar-refractivity contribution >= 4 is 23.6 Å². The average molecular weight is 269 g/mol. The molecule has 18 heavy (non-hydrogen) atoms. The number of aromatic nitrogens is 2. The van der Waals surface area contributed by atoms with E-state index in [1.54, 1.807) is 37.1 Å². The van der Waals surface area contributed by atoms with E-state index in [9.17, 15) is 14.7 Å². The van der Waals surface area contributed by atoms with Gasteiger partial charge in [0.1, 0.15) is 11.6 Å². The molecule has 0 bridgehead atoms. The predicted octanol–water partition coefficient (Wildman–Crippen LogP) is 0.521. The highest BCUT2D eigenvalue weighted by Crippen LogP contribution is 2.28. The number of hydrogen-bond acceptors (Lipinski definition) is 4. The van der Waals surface area contributed by atoms with E-state index in [-0.39, 0.29) is 5.91 Å². The fraction of sp³-hybridized carbons (Fsp3) is 0.545. The van der Waals surface area contributed by atoms with Crippen molar-refractivity contribution in [3.63, 3.8) is 0 Å². The molecule has 0 radical (unpaired) electrons. The summed E-state index contributed by atoms with van der Waals surface area (Å²) in [6.45, 7) is 1.69. The van der Waals surface area contributed by atoms with Gasteiger partial charge in [-0.3, -0.25) is 9.48 Å². The van der Waals surface area contributed by atoms with E-state index < -0.39 is 17.6 Å². The second kappa shape index (κ2) is 5.01. The van der Waals surface area contributed by atoms with Gasteiger partial charge in [0, 0.05) is 18.1 Å². The van der Waals surface area contributed by atoms with Gasteiger partial charge in [0.2, 0.25) is 5.91 Å². The van der Waals surface area contributed by atoms with Gasteiger partial charge in [-0.25, -0.2) is 4.79 Å². The van der Waals surface area contributed by atoms with E-state index in [0.29, 0.717) is 12.2 Å². The standard InChI is InChI=1S/C11H15N3O3S/c1-8(14-5-2-4-12-14)9(15)13-11(10(16)17)3-6-18-7-11/h2,4-5,8H,3,6-7H2,1H3,(H,13,15)(H,16,17). The second-order valence-electron chi connectivity index (χ2n) is 4.34. The van der Waals surface area contributed by atoms with Gasteiger partial charge in [0.15, 0.2) is 0 Å². The molecular weight excluding hydrogens is 254 g/mol. The van der Waals surface area contributed by atoms with Crippen molar-refractivity contribution in [3.8, 4) is 0 Å². The summed E-state index contributed by atoms with van der Waals surface area (Å²) in [5.74, 6) is -0.111. The Morgan fingerprint density at radius 2 is 2.39 bits per heavy atom. The zero-order valence-electron chi connectivity index (χ0n) is 10.00. The Morgan fingerprint density at radius 1 is 1.61 bits per heavy atom. The van der Waals surface area contributed by atoms with Crippen LogP contribution >= 0.6 is 11.8 Å². The summed E-state index contributed by atoms with van der Waals surface area (Å²) in [4.78, 5) is 23.4. The summed E-state index contributed by atoms with van der Waals surface area (Å²) in [5.41, 5.74) is -1.12. The lowest BCUT2D eigenvalue weighted by Gasteiger charge is -2.26. The first kappa shape index (κ1) is 12.9. The number of nitrogens with zero attached hydrogens (tertiary/aromatic N) is 2. The van der Waals surface area contributed by atoms with Gasteiger partial charge in [0.05, 0.1) is 0 Å².